The van der Waals surface area contributed by atoms with E-state index < -0.39 is 9.84 Å². The van der Waals surface area contributed by atoms with E-state index in [1.165, 1.54) is 0 Å². The summed E-state index contributed by atoms with van der Waals surface area (Å²) in [6.07, 6.45) is 4.40. The van der Waals surface area contributed by atoms with Gasteiger partial charge in [-0.2, -0.15) is 0 Å². The molecule has 2 N–H and O–H groups in total. The number of hydrogen-bond acceptors (Lipinski definition) is 4. The summed E-state index contributed by atoms with van der Waals surface area (Å²) in [5, 5.41) is -0.257. The van der Waals surface area contributed by atoms with Gasteiger partial charge < -0.3 is 10.6 Å². The summed E-state index contributed by atoms with van der Waals surface area (Å²) in [6.45, 7) is 2.02. The molecule has 23 heavy (non-hydrogen) atoms. The summed E-state index contributed by atoms with van der Waals surface area (Å²) in [7, 11) is -3.25. The molecular weight excluding hydrogens is 312 g/mol. The summed E-state index contributed by atoms with van der Waals surface area (Å²) < 4.78 is 25.1. The second-order valence-electron chi connectivity index (χ2n) is 6.62. The summed E-state index contributed by atoms with van der Waals surface area (Å²) in [5.41, 5.74) is 6.21. The molecule has 1 atom stereocenters. The number of likely N-dealkylation sites (tertiary alicyclic amines) is 1. The quantitative estimate of drug-likeness (QED) is 0.909. The molecular formula is C17H24N2O3S. The maximum Gasteiger partial charge on any atom is 0.253 e. The van der Waals surface area contributed by atoms with Crippen molar-refractivity contribution in [3.05, 3.63) is 29.8 Å². The monoisotopic (exact) mass is 336 g/mol. The van der Waals surface area contributed by atoms with Crippen LogP contribution in [-0.4, -0.2) is 44.1 Å². The van der Waals surface area contributed by atoms with Crippen molar-refractivity contribution in [3.63, 3.8) is 0 Å². The summed E-state index contributed by atoms with van der Waals surface area (Å²) in [6, 6.07) is 6.44. The normalized spacial score (nSPS) is 22.7. The van der Waals surface area contributed by atoms with E-state index in [4.69, 9.17) is 5.73 Å². The highest BCUT2D eigenvalue weighted by molar-refractivity contribution is 7.92. The lowest BCUT2D eigenvalue weighted by Gasteiger charge is -2.17. The molecule has 1 saturated heterocycles. The number of nitrogens with zero attached hydrogens (tertiary/aromatic N) is 1. The molecule has 126 valence electrons. The van der Waals surface area contributed by atoms with Gasteiger partial charge in [0.1, 0.15) is 0 Å². The molecule has 0 spiro atoms. The van der Waals surface area contributed by atoms with Crippen molar-refractivity contribution in [1.82, 2.24) is 4.90 Å². The number of amides is 1. The molecule has 6 heteroatoms. The van der Waals surface area contributed by atoms with Gasteiger partial charge in [0.2, 0.25) is 0 Å². The molecule has 0 bridgehead atoms. The molecule has 1 amide bonds. The van der Waals surface area contributed by atoms with Crippen LogP contribution in [0.15, 0.2) is 29.2 Å². The topological polar surface area (TPSA) is 80.5 Å². The first kappa shape index (κ1) is 16.5. The molecule has 5 nitrogen and oxygen atoms in total. The van der Waals surface area contributed by atoms with Gasteiger partial charge in [-0.1, -0.05) is 12.8 Å². The Morgan fingerprint density at radius 3 is 2.35 bits per heavy atom. The molecule has 1 aliphatic heterocycles. The Morgan fingerprint density at radius 1 is 1.13 bits per heavy atom. The summed E-state index contributed by atoms with van der Waals surface area (Å²) in [4.78, 5) is 14.6. The van der Waals surface area contributed by atoms with Gasteiger partial charge in [0.15, 0.2) is 9.84 Å². The minimum atomic E-state index is -3.25. The van der Waals surface area contributed by atoms with Gasteiger partial charge in [-0.3, -0.25) is 4.79 Å². The minimum absolute atomic E-state index is 0.0363. The molecule has 1 aromatic carbocycles. The van der Waals surface area contributed by atoms with Gasteiger partial charge in [-0.25, -0.2) is 8.42 Å². The highest BCUT2D eigenvalue weighted by Crippen LogP contribution is 2.29. The Hall–Kier alpha value is -1.40. The third-order valence-electron chi connectivity index (χ3n) is 5.08. The smallest absolute Gasteiger partial charge is 0.253 e. The van der Waals surface area contributed by atoms with Crippen LogP contribution in [0.4, 0.5) is 0 Å². The van der Waals surface area contributed by atoms with Gasteiger partial charge in [0.05, 0.1) is 10.1 Å². The first-order valence-electron chi connectivity index (χ1n) is 8.35. The molecule has 1 aromatic rings. The highest BCUT2D eigenvalue weighted by atomic mass is 32.2. The van der Waals surface area contributed by atoms with Crippen LogP contribution in [0.25, 0.3) is 0 Å². The predicted molar refractivity (Wildman–Crippen MR) is 88.9 cm³/mol. The van der Waals surface area contributed by atoms with Crippen LogP contribution in [0.2, 0.25) is 0 Å². The van der Waals surface area contributed by atoms with Gasteiger partial charge in [-0.05, 0) is 56.0 Å². The number of benzene rings is 1. The molecule has 0 unspecified atom stereocenters. The molecule has 0 aromatic heterocycles. The lowest BCUT2D eigenvalue weighted by molar-refractivity contribution is 0.0787. The number of carbonyl (C=O) groups excluding carboxylic acids is 1. The molecule has 1 heterocycles. The summed E-state index contributed by atoms with van der Waals surface area (Å²) >= 11 is 0. The van der Waals surface area contributed by atoms with Crippen molar-refractivity contribution in [1.29, 1.82) is 0 Å². The lowest BCUT2D eigenvalue weighted by Crippen LogP contribution is -2.29. The first-order valence-corrected chi connectivity index (χ1v) is 9.90. The molecule has 3 rings (SSSR count). The Morgan fingerprint density at radius 2 is 1.78 bits per heavy atom. The first-order chi connectivity index (χ1) is 11.0. The fourth-order valence-corrected chi connectivity index (χ4v) is 5.42. The second kappa shape index (κ2) is 6.61. The van der Waals surface area contributed by atoms with E-state index in [1.54, 1.807) is 29.2 Å². The van der Waals surface area contributed by atoms with Crippen molar-refractivity contribution in [2.45, 2.75) is 42.2 Å². The van der Waals surface area contributed by atoms with Crippen LogP contribution < -0.4 is 5.73 Å². The zero-order valence-electron chi connectivity index (χ0n) is 13.3. The van der Waals surface area contributed by atoms with E-state index in [2.05, 4.69) is 0 Å². The lowest BCUT2D eigenvalue weighted by atomic mass is 10.1. The fourth-order valence-electron chi connectivity index (χ4n) is 3.57. The fraction of sp³-hybridized carbons (Fsp3) is 0.588. The maximum absolute atomic E-state index is 12.5. The SMILES string of the molecule is NC[C@@H]1CCN(C(=O)c2ccc(S(=O)(=O)C3CCCC3)cc2)C1. The molecule has 1 saturated carbocycles. The Bertz CT molecular complexity index is 664. The van der Waals surface area contributed by atoms with Gasteiger partial charge >= 0.3 is 0 Å². The third-order valence-corrected chi connectivity index (χ3v) is 7.36. The number of nitrogens with two attached hydrogens (primary N) is 1. The van der Waals surface area contributed by atoms with Crippen LogP contribution >= 0.6 is 0 Å². The van der Waals surface area contributed by atoms with Crippen molar-refractivity contribution in [3.8, 4) is 0 Å². The van der Waals surface area contributed by atoms with Gasteiger partial charge in [0, 0.05) is 18.7 Å². The van der Waals surface area contributed by atoms with Crippen molar-refractivity contribution in [2.75, 3.05) is 19.6 Å². The number of hydrogen-bond donors (Lipinski definition) is 1. The van der Waals surface area contributed by atoms with Crippen LogP contribution in [0, 0.1) is 5.92 Å². The zero-order chi connectivity index (χ0) is 16.4. The van der Waals surface area contributed by atoms with Crippen molar-refractivity contribution >= 4 is 15.7 Å². The Balaban J connectivity index is 1.73. The zero-order valence-corrected chi connectivity index (χ0v) is 14.1. The highest BCUT2D eigenvalue weighted by Gasteiger charge is 2.31. The standard InChI is InChI=1S/C17H24N2O3S/c18-11-13-9-10-19(12-13)17(20)14-5-7-16(8-6-14)23(21,22)15-3-1-2-4-15/h5-8,13,15H,1-4,9-12,18H2/t13-/m0/s1. The van der Waals surface area contributed by atoms with Crippen LogP contribution in [0.1, 0.15) is 42.5 Å². The van der Waals surface area contributed by atoms with Gasteiger partial charge in [0.25, 0.3) is 5.91 Å². The molecule has 2 aliphatic rings. The van der Waals surface area contributed by atoms with Crippen LogP contribution in [0.3, 0.4) is 0 Å². The maximum atomic E-state index is 12.5. The van der Waals surface area contributed by atoms with Crippen LogP contribution in [0.5, 0.6) is 0 Å². The Labute approximate surface area is 137 Å². The van der Waals surface area contributed by atoms with E-state index in [-0.39, 0.29) is 11.2 Å². The van der Waals surface area contributed by atoms with Crippen molar-refractivity contribution in [2.24, 2.45) is 11.7 Å². The van der Waals surface area contributed by atoms with E-state index in [0.29, 0.717) is 29.5 Å². The Kier molecular flexibility index (Phi) is 4.73. The average Bonchev–Trinajstić information content (AvgIpc) is 3.25. The van der Waals surface area contributed by atoms with Crippen LogP contribution in [-0.2, 0) is 9.84 Å². The number of carbonyl (C=O) groups is 1. The van der Waals surface area contributed by atoms with E-state index in [9.17, 15) is 13.2 Å². The molecule has 1 aliphatic carbocycles. The predicted octanol–water partition coefficient (Wildman–Crippen LogP) is 1.82. The van der Waals surface area contributed by atoms with E-state index in [1.807, 2.05) is 0 Å². The van der Waals surface area contributed by atoms with E-state index in [0.717, 1.165) is 38.6 Å². The van der Waals surface area contributed by atoms with Gasteiger partial charge in [-0.15, -0.1) is 0 Å². The molecule has 2 fully saturated rings. The minimum Gasteiger partial charge on any atom is -0.338 e. The second-order valence-corrected chi connectivity index (χ2v) is 8.85. The van der Waals surface area contributed by atoms with Crippen molar-refractivity contribution < 1.29 is 13.2 Å². The summed E-state index contributed by atoms with van der Waals surface area (Å²) in [5.74, 6) is 0.340. The largest absolute Gasteiger partial charge is 0.338 e. The molecule has 0 radical (unpaired) electrons. The number of sulfone groups is 1. The number of rotatable bonds is 4. The van der Waals surface area contributed by atoms with E-state index >= 15 is 0 Å². The third kappa shape index (κ3) is 3.28. The average molecular weight is 336 g/mol.